The van der Waals surface area contributed by atoms with Crippen molar-refractivity contribution in [3.63, 3.8) is 0 Å². The molecular formula is C14H15FN4. The van der Waals surface area contributed by atoms with E-state index < -0.39 is 5.82 Å². The maximum absolute atomic E-state index is 13.3. The lowest BCUT2D eigenvalue weighted by molar-refractivity contribution is 0.624. The van der Waals surface area contributed by atoms with Crippen LogP contribution in [0.2, 0.25) is 0 Å². The highest BCUT2D eigenvalue weighted by Crippen LogP contribution is 2.27. The Bertz CT molecular complexity index is 652. The lowest BCUT2D eigenvalue weighted by Crippen LogP contribution is -2.04. The molecule has 1 aromatic heterocycles. The molecule has 2 rings (SSSR count). The fraction of sp³-hybridized carbons (Fsp3) is 0.286. The van der Waals surface area contributed by atoms with Crippen LogP contribution in [0.25, 0.3) is 11.3 Å². The Kier molecular flexibility index (Phi) is 3.52. The summed E-state index contributed by atoms with van der Waals surface area (Å²) in [7, 11) is 0. The third kappa shape index (κ3) is 2.29. The minimum Gasteiger partial charge on any atom is -0.383 e. The maximum Gasteiger partial charge on any atom is 0.140 e. The molecule has 0 amide bonds. The summed E-state index contributed by atoms with van der Waals surface area (Å²) in [4.78, 5) is 4.41. The molecule has 0 aliphatic heterocycles. The van der Waals surface area contributed by atoms with Gasteiger partial charge >= 0.3 is 0 Å². The van der Waals surface area contributed by atoms with Gasteiger partial charge in [0.25, 0.3) is 0 Å². The van der Waals surface area contributed by atoms with Gasteiger partial charge in [-0.05, 0) is 31.5 Å². The average Bonchev–Trinajstić information content (AvgIpc) is 2.68. The van der Waals surface area contributed by atoms with E-state index in [-0.39, 0.29) is 5.56 Å². The van der Waals surface area contributed by atoms with Crippen LogP contribution in [0.3, 0.4) is 0 Å². The Hall–Kier alpha value is -2.35. The second kappa shape index (κ2) is 5.11. The predicted octanol–water partition coefficient (Wildman–Crippen LogP) is 2.86. The molecule has 1 heterocycles. The van der Waals surface area contributed by atoms with Crippen molar-refractivity contribution in [2.24, 2.45) is 0 Å². The maximum atomic E-state index is 13.3. The number of nitrogen functional groups attached to an aromatic ring is 1. The van der Waals surface area contributed by atoms with Crippen LogP contribution in [0.5, 0.6) is 0 Å². The van der Waals surface area contributed by atoms with E-state index in [1.54, 1.807) is 6.07 Å². The predicted molar refractivity (Wildman–Crippen MR) is 71.8 cm³/mol. The Morgan fingerprint density at radius 2 is 2.21 bits per heavy atom. The zero-order chi connectivity index (χ0) is 14.0. The molecule has 0 radical (unpaired) electrons. The summed E-state index contributed by atoms with van der Waals surface area (Å²) in [5.74, 6) is 0.835. The van der Waals surface area contributed by atoms with E-state index in [0.717, 1.165) is 18.8 Å². The number of aromatic nitrogens is 2. The van der Waals surface area contributed by atoms with Gasteiger partial charge in [-0.2, -0.15) is 5.26 Å². The first-order valence-corrected chi connectivity index (χ1v) is 6.11. The molecular weight excluding hydrogens is 243 g/mol. The third-order valence-electron chi connectivity index (χ3n) is 3.01. The quantitative estimate of drug-likeness (QED) is 0.920. The topological polar surface area (TPSA) is 67.6 Å². The number of benzene rings is 1. The molecule has 1 aromatic carbocycles. The fourth-order valence-corrected chi connectivity index (χ4v) is 2.06. The first-order chi connectivity index (χ1) is 9.08. The Labute approximate surface area is 111 Å². The Morgan fingerprint density at radius 3 is 2.84 bits per heavy atom. The molecule has 0 unspecified atom stereocenters. The summed E-state index contributed by atoms with van der Waals surface area (Å²) >= 11 is 0. The van der Waals surface area contributed by atoms with E-state index in [1.165, 1.54) is 12.1 Å². The molecule has 2 aromatic rings. The first kappa shape index (κ1) is 13.1. The summed E-state index contributed by atoms with van der Waals surface area (Å²) in [6, 6.07) is 6.15. The number of nitriles is 1. The Morgan fingerprint density at radius 1 is 1.47 bits per heavy atom. The number of rotatable bonds is 3. The molecule has 0 saturated heterocycles. The first-order valence-electron chi connectivity index (χ1n) is 6.11. The fourth-order valence-electron chi connectivity index (χ4n) is 2.06. The van der Waals surface area contributed by atoms with E-state index in [4.69, 9.17) is 11.0 Å². The van der Waals surface area contributed by atoms with Crippen molar-refractivity contribution in [1.29, 1.82) is 5.26 Å². The van der Waals surface area contributed by atoms with E-state index in [2.05, 4.69) is 11.9 Å². The van der Waals surface area contributed by atoms with Gasteiger partial charge in [0.1, 0.15) is 29.2 Å². The van der Waals surface area contributed by atoms with Gasteiger partial charge in [-0.1, -0.05) is 6.92 Å². The standard InChI is InChI=1S/C14H15FN4/c1-3-6-19-9(2)18-13(14(19)17)10-4-5-12(15)11(7-10)8-16/h4-5,7H,3,6,17H2,1-2H3. The zero-order valence-electron chi connectivity index (χ0n) is 10.9. The highest BCUT2D eigenvalue weighted by atomic mass is 19.1. The van der Waals surface area contributed by atoms with Crippen LogP contribution in [-0.2, 0) is 6.54 Å². The molecule has 0 saturated carbocycles. The minimum absolute atomic E-state index is 0.000375. The van der Waals surface area contributed by atoms with Crippen molar-refractivity contribution < 1.29 is 4.39 Å². The molecule has 0 spiro atoms. The van der Waals surface area contributed by atoms with Crippen molar-refractivity contribution >= 4 is 5.82 Å². The summed E-state index contributed by atoms with van der Waals surface area (Å²) in [6.45, 7) is 4.73. The molecule has 0 aliphatic carbocycles. The molecule has 2 N–H and O–H groups in total. The molecule has 5 heteroatoms. The highest BCUT2D eigenvalue weighted by Gasteiger charge is 2.14. The van der Waals surface area contributed by atoms with Gasteiger partial charge in [0.2, 0.25) is 0 Å². The molecule has 4 nitrogen and oxygen atoms in total. The number of halogens is 1. The van der Waals surface area contributed by atoms with E-state index in [0.29, 0.717) is 17.1 Å². The monoisotopic (exact) mass is 258 g/mol. The number of nitrogens with zero attached hydrogens (tertiary/aromatic N) is 3. The van der Waals surface area contributed by atoms with Gasteiger partial charge in [-0.25, -0.2) is 9.37 Å². The second-order valence-electron chi connectivity index (χ2n) is 4.35. The largest absolute Gasteiger partial charge is 0.383 e. The van der Waals surface area contributed by atoms with Crippen molar-refractivity contribution in [1.82, 2.24) is 9.55 Å². The van der Waals surface area contributed by atoms with Gasteiger partial charge < -0.3 is 10.3 Å². The number of aryl methyl sites for hydroxylation is 1. The Balaban J connectivity index is 2.54. The van der Waals surface area contributed by atoms with Crippen LogP contribution in [-0.4, -0.2) is 9.55 Å². The van der Waals surface area contributed by atoms with E-state index in [9.17, 15) is 4.39 Å². The number of imidazole rings is 1. The molecule has 0 fully saturated rings. The van der Waals surface area contributed by atoms with E-state index in [1.807, 2.05) is 17.6 Å². The van der Waals surface area contributed by atoms with Gasteiger partial charge in [-0.15, -0.1) is 0 Å². The van der Waals surface area contributed by atoms with Crippen LogP contribution in [0, 0.1) is 24.1 Å². The summed E-state index contributed by atoms with van der Waals surface area (Å²) in [5, 5.41) is 8.86. The van der Waals surface area contributed by atoms with Gasteiger partial charge in [-0.3, -0.25) is 0 Å². The summed E-state index contributed by atoms with van der Waals surface area (Å²) < 4.78 is 15.2. The number of anilines is 1. The van der Waals surface area contributed by atoms with Crippen LogP contribution in [0.1, 0.15) is 24.7 Å². The normalized spacial score (nSPS) is 10.4. The molecule has 0 bridgehead atoms. The molecule has 98 valence electrons. The number of nitrogens with two attached hydrogens (primary N) is 1. The smallest absolute Gasteiger partial charge is 0.140 e. The number of hydrogen-bond acceptors (Lipinski definition) is 3. The lowest BCUT2D eigenvalue weighted by Gasteiger charge is -2.05. The molecule has 19 heavy (non-hydrogen) atoms. The molecule has 0 atom stereocenters. The zero-order valence-corrected chi connectivity index (χ0v) is 10.9. The SMILES string of the molecule is CCCn1c(C)nc(-c2ccc(F)c(C#N)c2)c1N. The van der Waals surface area contributed by atoms with E-state index >= 15 is 0 Å². The van der Waals surface area contributed by atoms with Crippen molar-refractivity contribution in [2.45, 2.75) is 26.8 Å². The van der Waals surface area contributed by atoms with Gasteiger partial charge in [0.15, 0.2) is 0 Å². The lowest BCUT2D eigenvalue weighted by atomic mass is 10.1. The van der Waals surface area contributed by atoms with Crippen molar-refractivity contribution in [2.75, 3.05) is 5.73 Å². The summed E-state index contributed by atoms with van der Waals surface area (Å²) in [6.07, 6.45) is 0.952. The van der Waals surface area contributed by atoms with Crippen LogP contribution < -0.4 is 5.73 Å². The van der Waals surface area contributed by atoms with Crippen molar-refractivity contribution in [3.8, 4) is 17.3 Å². The average molecular weight is 258 g/mol. The second-order valence-corrected chi connectivity index (χ2v) is 4.35. The summed E-state index contributed by atoms with van der Waals surface area (Å²) in [5.41, 5.74) is 7.34. The minimum atomic E-state index is -0.533. The third-order valence-corrected chi connectivity index (χ3v) is 3.01. The van der Waals surface area contributed by atoms with Crippen LogP contribution in [0.4, 0.5) is 10.2 Å². The highest BCUT2D eigenvalue weighted by molar-refractivity contribution is 5.72. The van der Waals surface area contributed by atoms with Crippen molar-refractivity contribution in [3.05, 3.63) is 35.4 Å². The van der Waals surface area contributed by atoms with Crippen LogP contribution in [0.15, 0.2) is 18.2 Å². The van der Waals surface area contributed by atoms with Gasteiger partial charge in [0, 0.05) is 12.1 Å². The number of hydrogen-bond donors (Lipinski definition) is 1. The van der Waals surface area contributed by atoms with Crippen LogP contribution >= 0.6 is 0 Å². The molecule has 0 aliphatic rings. The van der Waals surface area contributed by atoms with Gasteiger partial charge in [0.05, 0.1) is 5.56 Å².